The van der Waals surface area contributed by atoms with E-state index in [1.807, 2.05) is 0 Å². The molecule has 0 atom stereocenters. The van der Waals surface area contributed by atoms with Crippen molar-refractivity contribution in [2.24, 2.45) is 5.73 Å². The maximum atomic E-state index is 12.3. The SMILES string of the molecule is CC(C)(CNC(N)=O)Nc1nc(C(F)(F)F)ns1. The maximum absolute atomic E-state index is 12.3. The quantitative estimate of drug-likeness (QED) is 0.779. The Morgan fingerprint density at radius 3 is 2.50 bits per heavy atom. The van der Waals surface area contributed by atoms with Crippen molar-refractivity contribution in [2.45, 2.75) is 25.6 Å². The number of anilines is 1. The number of amides is 2. The highest BCUT2D eigenvalue weighted by atomic mass is 32.1. The lowest BCUT2D eigenvalue weighted by molar-refractivity contribution is -0.144. The molecule has 0 radical (unpaired) electrons. The van der Waals surface area contributed by atoms with E-state index in [1.165, 1.54) is 0 Å². The summed E-state index contributed by atoms with van der Waals surface area (Å²) in [7, 11) is 0. The Kier molecular flexibility index (Phi) is 3.99. The largest absolute Gasteiger partial charge is 0.452 e. The number of urea groups is 1. The van der Waals surface area contributed by atoms with Crippen LogP contribution in [0.4, 0.5) is 23.1 Å². The van der Waals surface area contributed by atoms with E-state index in [2.05, 4.69) is 20.0 Å². The molecule has 0 unspecified atom stereocenters. The summed E-state index contributed by atoms with van der Waals surface area (Å²) in [5.41, 5.74) is 4.21. The second-order valence-corrected chi connectivity index (χ2v) is 4.90. The van der Waals surface area contributed by atoms with Crippen molar-refractivity contribution in [1.82, 2.24) is 14.7 Å². The first-order chi connectivity index (χ1) is 8.10. The normalized spacial score (nSPS) is 12.3. The Hall–Kier alpha value is -1.58. The molecule has 0 bridgehead atoms. The Labute approximate surface area is 105 Å². The maximum Gasteiger partial charge on any atom is 0.452 e. The molecule has 0 saturated carbocycles. The fraction of sp³-hybridized carbons (Fsp3) is 0.625. The molecule has 1 rings (SSSR count). The lowest BCUT2D eigenvalue weighted by Crippen LogP contribution is -2.45. The zero-order valence-corrected chi connectivity index (χ0v) is 10.4. The van der Waals surface area contributed by atoms with Crippen LogP contribution >= 0.6 is 11.5 Å². The summed E-state index contributed by atoms with van der Waals surface area (Å²) in [6.45, 7) is 3.50. The van der Waals surface area contributed by atoms with Crippen LogP contribution in [0.25, 0.3) is 0 Å². The fourth-order valence-electron chi connectivity index (χ4n) is 1.03. The molecule has 0 saturated heterocycles. The number of nitrogens with two attached hydrogens (primary N) is 1. The molecule has 6 nitrogen and oxygen atoms in total. The van der Waals surface area contributed by atoms with Crippen LogP contribution in [-0.2, 0) is 6.18 Å². The molecular weight excluding hydrogens is 271 g/mol. The average molecular weight is 283 g/mol. The molecule has 0 spiro atoms. The number of aromatic nitrogens is 2. The zero-order valence-electron chi connectivity index (χ0n) is 9.63. The second kappa shape index (κ2) is 4.96. The highest BCUT2D eigenvalue weighted by Gasteiger charge is 2.36. The Morgan fingerprint density at radius 1 is 1.44 bits per heavy atom. The van der Waals surface area contributed by atoms with Crippen LogP contribution in [-0.4, -0.2) is 27.5 Å². The van der Waals surface area contributed by atoms with Crippen molar-refractivity contribution >= 4 is 22.7 Å². The van der Waals surface area contributed by atoms with Crippen molar-refractivity contribution in [1.29, 1.82) is 0 Å². The smallest absolute Gasteiger partial charge is 0.354 e. The van der Waals surface area contributed by atoms with Gasteiger partial charge in [-0.2, -0.15) is 22.5 Å². The van der Waals surface area contributed by atoms with Gasteiger partial charge < -0.3 is 16.4 Å². The van der Waals surface area contributed by atoms with E-state index >= 15 is 0 Å². The topological polar surface area (TPSA) is 92.9 Å². The van der Waals surface area contributed by atoms with Gasteiger partial charge in [0, 0.05) is 18.1 Å². The van der Waals surface area contributed by atoms with Crippen LogP contribution in [0.15, 0.2) is 0 Å². The van der Waals surface area contributed by atoms with Gasteiger partial charge in [0.05, 0.1) is 5.54 Å². The molecule has 18 heavy (non-hydrogen) atoms. The van der Waals surface area contributed by atoms with Gasteiger partial charge in [0.25, 0.3) is 0 Å². The van der Waals surface area contributed by atoms with E-state index in [1.54, 1.807) is 13.8 Å². The van der Waals surface area contributed by atoms with Crippen LogP contribution in [0.2, 0.25) is 0 Å². The van der Waals surface area contributed by atoms with Crippen LogP contribution in [0.5, 0.6) is 0 Å². The first kappa shape index (κ1) is 14.5. The molecule has 2 amide bonds. The summed E-state index contributed by atoms with van der Waals surface area (Å²) >= 11 is 0.601. The summed E-state index contributed by atoms with van der Waals surface area (Å²) in [5, 5.41) is 5.12. The van der Waals surface area contributed by atoms with Crippen LogP contribution < -0.4 is 16.4 Å². The van der Waals surface area contributed by atoms with Gasteiger partial charge in [0.1, 0.15) is 0 Å². The molecular formula is C8H12F3N5OS. The molecule has 102 valence electrons. The third-order valence-corrected chi connectivity index (χ3v) is 2.46. The number of nitrogens with one attached hydrogen (secondary N) is 2. The second-order valence-electron chi connectivity index (χ2n) is 4.15. The molecule has 0 aliphatic heterocycles. The lowest BCUT2D eigenvalue weighted by Gasteiger charge is -2.25. The van der Waals surface area contributed by atoms with Gasteiger partial charge in [-0.1, -0.05) is 0 Å². The van der Waals surface area contributed by atoms with Gasteiger partial charge >= 0.3 is 12.2 Å². The Morgan fingerprint density at radius 2 is 2.06 bits per heavy atom. The van der Waals surface area contributed by atoms with Gasteiger partial charge in [0.15, 0.2) is 0 Å². The van der Waals surface area contributed by atoms with E-state index in [4.69, 9.17) is 5.73 Å². The first-order valence-electron chi connectivity index (χ1n) is 4.82. The van der Waals surface area contributed by atoms with Crippen molar-refractivity contribution < 1.29 is 18.0 Å². The molecule has 1 heterocycles. The highest BCUT2D eigenvalue weighted by molar-refractivity contribution is 7.09. The van der Waals surface area contributed by atoms with Gasteiger partial charge in [-0.3, -0.25) is 0 Å². The van der Waals surface area contributed by atoms with Crippen molar-refractivity contribution in [3.63, 3.8) is 0 Å². The van der Waals surface area contributed by atoms with E-state index in [0.717, 1.165) is 0 Å². The van der Waals surface area contributed by atoms with Crippen LogP contribution in [0, 0.1) is 0 Å². The summed E-state index contributed by atoms with van der Waals surface area (Å²) in [5.74, 6) is -1.19. The predicted molar refractivity (Wildman–Crippen MR) is 60.2 cm³/mol. The number of hydrogen-bond donors (Lipinski definition) is 3. The number of carbonyl (C=O) groups excluding carboxylic acids is 1. The molecule has 0 fully saturated rings. The molecule has 0 aliphatic carbocycles. The molecule has 1 aromatic heterocycles. The van der Waals surface area contributed by atoms with Crippen molar-refractivity contribution in [3.8, 4) is 0 Å². The number of halogens is 3. The minimum absolute atomic E-state index is 0.0265. The molecule has 0 aromatic carbocycles. The minimum Gasteiger partial charge on any atom is -0.354 e. The van der Waals surface area contributed by atoms with Crippen molar-refractivity contribution in [3.05, 3.63) is 5.82 Å². The standard InChI is InChI=1S/C8H12F3N5OS/c1-7(2,3-13-5(12)17)15-6-14-4(16-18-6)8(9,10)11/h3H2,1-2H3,(H3,12,13,17)(H,14,15,16). The number of alkyl halides is 3. The summed E-state index contributed by atoms with van der Waals surface area (Å²) < 4.78 is 40.0. The molecule has 4 N–H and O–H groups in total. The van der Waals surface area contributed by atoms with E-state index in [0.29, 0.717) is 11.5 Å². The first-order valence-corrected chi connectivity index (χ1v) is 5.60. The van der Waals surface area contributed by atoms with E-state index in [-0.39, 0.29) is 11.7 Å². The zero-order chi connectivity index (χ0) is 14.0. The van der Waals surface area contributed by atoms with E-state index < -0.39 is 23.6 Å². The number of hydrogen-bond acceptors (Lipinski definition) is 5. The third kappa shape index (κ3) is 4.35. The highest BCUT2D eigenvalue weighted by Crippen LogP contribution is 2.29. The Balaban J connectivity index is 2.66. The number of primary amides is 1. The molecule has 1 aromatic rings. The monoisotopic (exact) mass is 283 g/mol. The number of nitrogens with zero attached hydrogens (tertiary/aromatic N) is 2. The summed E-state index contributed by atoms with van der Waals surface area (Å²) in [6.07, 6.45) is -4.56. The average Bonchev–Trinajstić information content (AvgIpc) is 2.62. The number of carbonyl (C=O) groups is 1. The number of rotatable bonds is 4. The Bertz CT molecular complexity index is 431. The van der Waals surface area contributed by atoms with Crippen LogP contribution in [0.3, 0.4) is 0 Å². The lowest BCUT2D eigenvalue weighted by atomic mass is 10.1. The summed E-state index contributed by atoms with van der Waals surface area (Å²) in [4.78, 5) is 13.9. The van der Waals surface area contributed by atoms with Gasteiger partial charge in [-0.25, -0.2) is 4.79 Å². The molecule has 0 aliphatic rings. The third-order valence-electron chi connectivity index (χ3n) is 1.83. The van der Waals surface area contributed by atoms with Gasteiger partial charge in [-0.05, 0) is 13.8 Å². The fourth-order valence-corrected chi connectivity index (χ4v) is 1.80. The van der Waals surface area contributed by atoms with E-state index in [9.17, 15) is 18.0 Å². The van der Waals surface area contributed by atoms with Crippen molar-refractivity contribution in [2.75, 3.05) is 11.9 Å². The van der Waals surface area contributed by atoms with Gasteiger partial charge in [0.2, 0.25) is 11.0 Å². The minimum atomic E-state index is -4.56. The van der Waals surface area contributed by atoms with Crippen LogP contribution in [0.1, 0.15) is 19.7 Å². The summed E-state index contributed by atoms with van der Waals surface area (Å²) in [6, 6.07) is -0.710. The predicted octanol–water partition coefficient (Wildman–Crippen LogP) is 1.42. The molecule has 10 heteroatoms. The van der Waals surface area contributed by atoms with Gasteiger partial charge in [-0.15, -0.1) is 0 Å².